The highest BCUT2D eigenvalue weighted by Gasteiger charge is 2.14. The lowest BCUT2D eigenvalue weighted by atomic mass is 9.86. The molecule has 0 saturated heterocycles. The van der Waals surface area contributed by atoms with E-state index < -0.39 is 0 Å². The molecule has 2 N–H and O–H groups in total. The summed E-state index contributed by atoms with van der Waals surface area (Å²) < 4.78 is 1.14. The van der Waals surface area contributed by atoms with E-state index in [1.165, 1.54) is 38.9 Å². The molecule has 0 unspecified atom stereocenters. The molecule has 0 aliphatic heterocycles. The normalized spacial score (nSPS) is 10.8. The van der Waals surface area contributed by atoms with Crippen molar-refractivity contribution in [1.82, 2.24) is 0 Å². The molecule has 0 bridgehead atoms. The molecule has 0 heterocycles. The minimum absolute atomic E-state index is 0. The molecule has 6 aromatic carbocycles. The fourth-order valence-electron chi connectivity index (χ4n) is 5.24. The molecule has 0 radical (unpaired) electrons. The van der Waals surface area contributed by atoms with Crippen LogP contribution in [0.25, 0.3) is 22.3 Å². The Kier molecular flexibility index (Phi) is 14.0. The van der Waals surface area contributed by atoms with Crippen molar-refractivity contribution < 1.29 is 1.43 Å². The average Bonchev–Trinajstić information content (AvgIpc) is 3.06. The first kappa shape index (κ1) is 38.1. The Morgan fingerprint density at radius 2 is 0.875 bits per heavy atom. The topological polar surface area (TPSA) is 26.0 Å². The molecule has 0 aromatic heterocycles. The predicted molar refractivity (Wildman–Crippen MR) is 218 cm³/mol. The highest BCUT2D eigenvalue weighted by Crippen LogP contribution is 2.28. The molecule has 0 amide bonds. The van der Waals surface area contributed by atoms with Crippen molar-refractivity contribution in [3.05, 3.63) is 184 Å². The third-order valence-corrected chi connectivity index (χ3v) is 8.60. The van der Waals surface area contributed by atoms with Crippen LogP contribution in [0.5, 0.6) is 0 Å². The Labute approximate surface area is 300 Å². The molecule has 0 fully saturated rings. The van der Waals surface area contributed by atoms with Crippen LogP contribution >= 0.6 is 15.9 Å². The van der Waals surface area contributed by atoms with Gasteiger partial charge in [-0.05, 0) is 74.4 Å². The third kappa shape index (κ3) is 11.4. The van der Waals surface area contributed by atoms with Gasteiger partial charge in [0.05, 0.1) is 0 Å². The summed E-state index contributed by atoms with van der Waals surface area (Å²) >= 11 is 3.41. The number of anilines is 1. The molecule has 2 heteroatoms. The summed E-state index contributed by atoms with van der Waals surface area (Å²) in [6, 6.07) is 54.9. The second-order valence-corrected chi connectivity index (χ2v) is 14.8. The molecule has 0 aliphatic rings. The van der Waals surface area contributed by atoms with Crippen molar-refractivity contribution in [2.24, 2.45) is 0 Å². The van der Waals surface area contributed by atoms with Crippen molar-refractivity contribution in [3.63, 3.8) is 0 Å². The molecule has 0 aliphatic carbocycles. The molecule has 1 nitrogen and oxygen atoms in total. The summed E-state index contributed by atoms with van der Waals surface area (Å²) in [7, 11) is 0. The number of nitrogen functional groups attached to an aromatic ring is 1. The Morgan fingerprint density at radius 3 is 1.35 bits per heavy atom. The van der Waals surface area contributed by atoms with Gasteiger partial charge in [-0.1, -0.05) is 204 Å². The lowest BCUT2D eigenvalue weighted by Crippen LogP contribution is -2.10. The molecule has 0 spiro atoms. The van der Waals surface area contributed by atoms with E-state index in [0.29, 0.717) is 0 Å². The smallest absolute Gasteiger partial charge is 0.0393 e. The maximum absolute atomic E-state index is 5.85. The van der Waals surface area contributed by atoms with Crippen LogP contribution in [-0.4, -0.2) is 0 Å². The number of nitrogens with two attached hydrogens (primary N) is 1. The molecule has 0 saturated carbocycles. The SMILES string of the molecule is C.CC(C)(C)c1ccc(Br)cc1.CC(C)(C)c1ccc(Cc2ccccc2-c2ccccc2)cc1.Nc1ccccc1-c1ccccc1.[HH]. The maximum atomic E-state index is 5.85. The fraction of sp³-hybridized carbons (Fsp3) is 0.217. The maximum Gasteiger partial charge on any atom is 0.0393 e. The summed E-state index contributed by atoms with van der Waals surface area (Å²) in [5, 5.41) is 0. The monoisotopic (exact) mass is 699 g/mol. The minimum atomic E-state index is 0. The quantitative estimate of drug-likeness (QED) is 0.182. The van der Waals surface area contributed by atoms with Gasteiger partial charge >= 0.3 is 0 Å². The van der Waals surface area contributed by atoms with Gasteiger partial charge in [0.2, 0.25) is 0 Å². The van der Waals surface area contributed by atoms with E-state index >= 15 is 0 Å². The number of halogens is 1. The van der Waals surface area contributed by atoms with Gasteiger partial charge in [-0.25, -0.2) is 0 Å². The summed E-state index contributed by atoms with van der Waals surface area (Å²) in [6.45, 7) is 13.4. The zero-order chi connectivity index (χ0) is 33.9. The molecule has 250 valence electrons. The molecular formula is C46H54BrN. The summed E-state index contributed by atoms with van der Waals surface area (Å²) in [5.74, 6) is 0. The van der Waals surface area contributed by atoms with Gasteiger partial charge in [0.25, 0.3) is 0 Å². The van der Waals surface area contributed by atoms with Crippen LogP contribution in [0.3, 0.4) is 0 Å². The van der Waals surface area contributed by atoms with Gasteiger partial charge in [-0.2, -0.15) is 0 Å². The van der Waals surface area contributed by atoms with E-state index in [1.54, 1.807) is 0 Å². The second kappa shape index (κ2) is 17.7. The Morgan fingerprint density at radius 1 is 0.479 bits per heavy atom. The number of hydrogen-bond donors (Lipinski definition) is 1. The van der Waals surface area contributed by atoms with E-state index in [9.17, 15) is 0 Å². The standard InChI is InChI=1S/C23H24.C12H11N.C10H13Br.CH4.H2/c1-23(2,3)21-15-13-18(14-16-21)17-20-11-7-8-12-22(20)19-9-5-4-6-10-19;13-12-9-5-4-8-11(12)10-6-2-1-3-7-10;1-10(2,3)8-4-6-9(11)7-5-8;;/h4-16H,17H2,1-3H3;1-9H,13H2;4-7H,1-3H3;1H4;1H. The zero-order valence-electron chi connectivity index (χ0n) is 28.7. The van der Waals surface area contributed by atoms with Crippen LogP contribution in [0.1, 0.15) is 72.6 Å². The first-order chi connectivity index (χ1) is 22.4. The van der Waals surface area contributed by atoms with Crippen molar-refractivity contribution in [2.45, 2.75) is 66.2 Å². The van der Waals surface area contributed by atoms with Crippen molar-refractivity contribution in [1.29, 1.82) is 0 Å². The highest BCUT2D eigenvalue weighted by atomic mass is 79.9. The molecule has 0 atom stereocenters. The highest BCUT2D eigenvalue weighted by molar-refractivity contribution is 9.10. The van der Waals surface area contributed by atoms with Crippen LogP contribution in [0.4, 0.5) is 5.69 Å². The summed E-state index contributed by atoms with van der Waals surface area (Å²) in [5.41, 5.74) is 17.5. The lowest BCUT2D eigenvalue weighted by molar-refractivity contribution is 0.590. The molecule has 48 heavy (non-hydrogen) atoms. The fourth-order valence-corrected chi connectivity index (χ4v) is 5.51. The number of para-hydroxylation sites is 1. The van der Waals surface area contributed by atoms with Crippen LogP contribution in [0, 0.1) is 0 Å². The van der Waals surface area contributed by atoms with E-state index in [4.69, 9.17) is 5.73 Å². The molecular weight excluding hydrogens is 646 g/mol. The van der Waals surface area contributed by atoms with Gasteiger partial charge in [-0.3, -0.25) is 0 Å². The lowest BCUT2D eigenvalue weighted by Gasteiger charge is -2.19. The first-order valence-corrected chi connectivity index (χ1v) is 17.1. The van der Waals surface area contributed by atoms with Crippen LogP contribution in [-0.2, 0) is 17.3 Å². The van der Waals surface area contributed by atoms with E-state index in [1.807, 2.05) is 42.5 Å². The minimum Gasteiger partial charge on any atom is -0.398 e. The number of hydrogen-bond acceptors (Lipinski definition) is 1. The third-order valence-electron chi connectivity index (χ3n) is 8.07. The Hall–Kier alpha value is -4.40. The average molecular weight is 701 g/mol. The first-order valence-electron chi connectivity index (χ1n) is 16.3. The van der Waals surface area contributed by atoms with E-state index in [0.717, 1.165) is 22.1 Å². The van der Waals surface area contributed by atoms with Crippen LogP contribution in [0.15, 0.2) is 162 Å². The van der Waals surface area contributed by atoms with Crippen LogP contribution in [0.2, 0.25) is 0 Å². The van der Waals surface area contributed by atoms with Gasteiger partial charge in [0.1, 0.15) is 0 Å². The summed E-state index contributed by atoms with van der Waals surface area (Å²) in [4.78, 5) is 0. The van der Waals surface area contributed by atoms with Crippen LogP contribution < -0.4 is 5.73 Å². The largest absolute Gasteiger partial charge is 0.398 e. The second-order valence-electron chi connectivity index (χ2n) is 13.9. The predicted octanol–water partition coefficient (Wildman–Crippen LogP) is 13.8. The summed E-state index contributed by atoms with van der Waals surface area (Å²) in [6.07, 6.45) is 0.968. The molecule has 6 rings (SSSR count). The number of benzene rings is 6. The Balaban J connectivity index is 0.000000273. The van der Waals surface area contributed by atoms with E-state index in [-0.39, 0.29) is 19.7 Å². The van der Waals surface area contributed by atoms with Gasteiger partial charge in [0, 0.05) is 17.2 Å². The van der Waals surface area contributed by atoms with Crippen molar-refractivity contribution >= 4 is 21.6 Å². The van der Waals surface area contributed by atoms with Gasteiger partial charge in [0.15, 0.2) is 0 Å². The van der Waals surface area contributed by atoms with Gasteiger partial charge in [-0.15, -0.1) is 0 Å². The van der Waals surface area contributed by atoms with Crippen molar-refractivity contribution in [2.75, 3.05) is 5.73 Å². The zero-order valence-corrected chi connectivity index (χ0v) is 30.3. The number of rotatable bonds is 4. The van der Waals surface area contributed by atoms with E-state index in [2.05, 4.69) is 173 Å². The van der Waals surface area contributed by atoms with Gasteiger partial charge < -0.3 is 5.73 Å². The molecule has 6 aromatic rings. The van der Waals surface area contributed by atoms with Crippen molar-refractivity contribution in [3.8, 4) is 22.3 Å². The Bertz CT molecular complexity index is 1800.